The summed E-state index contributed by atoms with van der Waals surface area (Å²) in [6.07, 6.45) is 2.07. The van der Waals surface area contributed by atoms with Crippen molar-refractivity contribution in [2.45, 2.75) is 45.8 Å². The summed E-state index contributed by atoms with van der Waals surface area (Å²) < 4.78 is 1.76. The molecule has 1 N–H and O–H groups in total. The molecule has 1 aromatic heterocycles. The third-order valence-electron chi connectivity index (χ3n) is 3.16. The molecule has 1 unspecified atom stereocenters. The van der Waals surface area contributed by atoms with Crippen molar-refractivity contribution in [3.05, 3.63) is 12.2 Å². The van der Waals surface area contributed by atoms with Gasteiger partial charge in [0, 0.05) is 6.04 Å². The number of amides is 2. The van der Waals surface area contributed by atoms with Gasteiger partial charge in [0.25, 0.3) is 0 Å². The molecule has 1 saturated heterocycles. The summed E-state index contributed by atoms with van der Waals surface area (Å²) in [5, 5.41) is 6.82. The topological polar surface area (TPSA) is 80.1 Å². The molecule has 2 rings (SSSR count). The lowest BCUT2D eigenvalue weighted by Crippen LogP contribution is -2.57. The van der Waals surface area contributed by atoms with Crippen LogP contribution in [0.2, 0.25) is 0 Å². The molecule has 1 aliphatic heterocycles. The van der Waals surface area contributed by atoms with Crippen molar-refractivity contribution in [2.75, 3.05) is 6.54 Å². The van der Waals surface area contributed by atoms with Crippen LogP contribution in [0.15, 0.2) is 6.33 Å². The molecular formula is C12H19N5O2. The summed E-state index contributed by atoms with van der Waals surface area (Å²) in [6, 6.07) is -0.245. The Morgan fingerprint density at radius 2 is 2.21 bits per heavy atom. The third kappa shape index (κ3) is 2.74. The fraction of sp³-hybridized carbons (Fsp3) is 0.667. The summed E-state index contributed by atoms with van der Waals surface area (Å²) in [4.78, 5) is 29.5. The first-order valence-electron chi connectivity index (χ1n) is 6.49. The van der Waals surface area contributed by atoms with Crippen molar-refractivity contribution in [1.82, 2.24) is 25.0 Å². The minimum Gasteiger partial charge on any atom is -0.343 e. The zero-order chi connectivity index (χ0) is 14.0. The molecule has 1 aliphatic rings. The average Bonchev–Trinajstić information content (AvgIpc) is 2.81. The lowest BCUT2D eigenvalue weighted by molar-refractivity contribution is -0.145. The highest BCUT2D eigenvalue weighted by atomic mass is 16.2. The maximum atomic E-state index is 12.2. The molecule has 0 aliphatic carbocycles. The summed E-state index contributed by atoms with van der Waals surface area (Å²) in [6.45, 7) is 6.28. The molecular weight excluding hydrogens is 246 g/mol. The predicted molar refractivity (Wildman–Crippen MR) is 68.0 cm³/mol. The molecule has 7 nitrogen and oxygen atoms in total. The van der Waals surface area contributed by atoms with Crippen LogP contribution in [0.25, 0.3) is 0 Å². The van der Waals surface area contributed by atoms with E-state index in [1.165, 1.54) is 11.2 Å². The maximum absolute atomic E-state index is 12.2. The molecule has 19 heavy (non-hydrogen) atoms. The number of hydrogen-bond donors (Lipinski definition) is 1. The van der Waals surface area contributed by atoms with E-state index >= 15 is 0 Å². The van der Waals surface area contributed by atoms with Crippen molar-refractivity contribution >= 4 is 11.8 Å². The predicted octanol–water partition coefficient (Wildman–Crippen LogP) is 0.0960. The largest absolute Gasteiger partial charge is 0.343 e. The molecule has 2 amide bonds. The molecule has 0 saturated carbocycles. The fourth-order valence-electron chi connectivity index (χ4n) is 2.17. The molecule has 0 spiro atoms. The minimum absolute atomic E-state index is 0.0552. The van der Waals surface area contributed by atoms with Crippen molar-refractivity contribution < 1.29 is 9.59 Å². The van der Waals surface area contributed by atoms with Gasteiger partial charge in [-0.3, -0.25) is 9.59 Å². The van der Waals surface area contributed by atoms with Crippen molar-refractivity contribution in [3.8, 4) is 0 Å². The van der Waals surface area contributed by atoms with Crippen molar-refractivity contribution in [3.63, 3.8) is 0 Å². The zero-order valence-electron chi connectivity index (χ0n) is 11.5. The first-order valence-corrected chi connectivity index (χ1v) is 6.49. The van der Waals surface area contributed by atoms with Gasteiger partial charge in [0.05, 0.1) is 6.54 Å². The van der Waals surface area contributed by atoms with Gasteiger partial charge in [0.2, 0.25) is 11.8 Å². The third-order valence-corrected chi connectivity index (χ3v) is 3.16. The Morgan fingerprint density at radius 1 is 1.47 bits per heavy atom. The number of carbonyl (C=O) groups excluding carboxylic acids is 2. The number of nitrogens with zero attached hydrogens (tertiary/aromatic N) is 4. The van der Waals surface area contributed by atoms with Gasteiger partial charge in [0.1, 0.15) is 24.7 Å². The summed E-state index contributed by atoms with van der Waals surface area (Å²) >= 11 is 0. The number of hydrogen-bond acceptors (Lipinski definition) is 4. The van der Waals surface area contributed by atoms with Crippen LogP contribution < -0.4 is 5.32 Å². The molecule has 7 heteroatoms. The Bertz CT molecular complexity index is 482. The van der Waals surface area contributed by atoms with E-state index < -0.39 is 6.04 Å². The first-order chi connectivity index (χ1) is 9.02. The molecule has 0 aromatic carbocycles. The number of rotatable bonds is 4. The normalized spacial score (nSPS) is 20.0. The second-order valence-electron chi connectivity index (χ2n) is 4.94. The molecule has 1 atom stereocenters. The maximum Gasteiger partial charge on any atom is 0.246 e. The number of carbonyl (C=O) groups is 2. The Morgan fingerprint density at radius 3 is 2.84 bits per heavy atom. The van der Waals surface area contributed by atoms with Crippen LogP contribution in [0.5, 0.6) is 0 Å². The summed E-state index contributed by atoms with van der Waals surface area (Å²) in [7, 11) is 0. The van der Waals surface area contributed by atoms with Crippen LogP contribution >= 0.6 is 0 Å². The van der Waals surface area contributed by atoms with Crippen LogP contribution in [0.3, 0.4) is 0 Å². The van der Waals surface area contributed by atoms with Crippen LogP contribution in [0, 0.1) is 0 Å². The fourth-order valence-corrected chi connectivity index (χ4v) is 2.17. The molecule has 1 aromatic rings. The van der Waals surface area contributed by atoms with Crippen molar-refractivity contribution in [2.24, 2.45) is 0 Å². The smallest absolute Gasteiger partial charge is 0.246 e. The minimum atomic E-state index is -0.420. The Hall–Kier alpha value is -1.92. The highest BCUT2D eigenvalue weighted by Crippen LogP contribution is 2.12. The highest BCUT2D eigenvalue weighted by molar-refractivity contribution is 5.94. The summed E-state index contributed by atoms with van der Waals surface area (Å²) in [5.74, 6) is 0.523. The van der Waals surface area contributed by atoms with E-state index in [1.807, 2.05) is 20.8 Å². The molecule has 0 radical (unpaired) electrons. The molecule has 1 fully saturated rings. The molecule has 0 bridgehead atoms. The van der Waals surface area contributed by atoms with E-state index in [0.29, 0.717) is 18.8 Å². The molecule has 104 valence electrons. The number of aromatic nitrogens is 3. The van der Waals surface area contributed by atoms with Gasteiger partial charge in [-0.2, -0.15) is 5.10 Å². The Balaban J connectivity index is 2.15. The van der Waals surface area contributed by atoms with Gasteiger partial charge in [-0.15, -0.1) is 0 Å². The van der Waals surface area contributed by atoms with Gasteiger partial charge in [-0.25, -0.2) is 9.67 Å². The van der Waals surface area contributed by atoms with Crippen LogP contribution in [0.1, 0.15) is 39.1 Å². The van der Waals surface area contributed by atoms with Crippen LogP contribution in [-0.2, 0) is 16.1 Å². The van der Waals surface area contributed by atoms with E-state index in [2.05, 4.69) is 15.4 Å². The second-order valence-corrected chi connectivity index (χ2v) is 4.94. The Kier molecular flexibility index (Phi) is 3.82. The first kappa shape index (κ1) is 13.5. The van der Waals surface area contributed by atoms with Crippen molar-refractivity contribution in [1.29, 1.82) is 0 Å². The van der Waals surface area contributed by atoms with Crippen LogP contribution in [-0.4, -0.2) is 44.1 Å². The lowest BCUT2D eigenvalue weighted by Gasteiger charge is -2.31. The van der Waals surface area contributed by atoms with Gasteiger partial charge in [-0.1, -0.05) is 6.92 Å². The van der Waals surface area contributed by atoms with Gasteiger partial charge in [-0.05, 0) is 20.3 Å². The number of piperazine rings is 1. The lowest BCUT2D eigenvalue weighted by atomic mass is 10.1. The van der Waals surface area contributed by atoms with E-state index in [-0.39, 0.29) is 24.4 Å². The summed E-state index contributed by atoms with van der Waals surface area (Å²) in [5.41, 5.74) is 0. The molecule has 2 heterocycles. The van der Waals surface area contributed by atoms with E-state index in [0.717, 1.165) is 0 Å². The Labute approximate surface area is 112 Å². The van der Waals surface area contributed by atoms with Gasteiger partial charge in [0.15, 0.2) is 0 Å². The van der Waals surface area contributed by atoms with E-state index in [1.54, 1.807) is 4.68 Å². The van der Waals surface area contributed by atoms with E-state index in [4.69, 9.17) is 0 Å². The van der Waals surface area contributed by atoms with Gasteiger partial charge < -0.3 is 10.2 Å². The second kappa shape index (κ2) is 5.38. The monoisotopic (exact) mass is 265 g/mol. The van der Waals surface area contributed by atoms with Crippen LogP contribution in [0.4, 0.5) is 0 Å². The standard InChI is InChI=1S/C12H19N5O2/c1-4-9-12(19)16(6-11(18)15-9)5-10-13-7-14-17(10)8(2)3/h7-9H,4-6H2,1-3H3,(H,15,18). The highest BCUT2D eigenvalue weighted by Gasteiger charge is 2.32. The van der Waals surface area contributed by atoms with Gasteiger partial charge >= 0.3 is 0 Å². The number of nitrogens with one attached hydrogen (secondary N) is 1. The SMILES string of the molecule is CCC1NC(=O)CN(Cc2ncnn2C(C)C)C1=O. The van der Waals surface area contributed by atoms with E-state index in [9.17, 15) is 9.59 Å². The quantitative estimate of drug-likeness (QED) is 0.837. The average molecular weight is 265 g/mol. The zero-order valence-corrected chi connectivity index (χ0v) is 11.5.